The number of hydrogen-bond donors (Lipinski definition) is 0. The molecule has 0 atom stereocenters. The Morgan fingerprint density at radius 2 is 0.533 bits per heavy atom. The predicted octanol–water partition coefficient (Wildman–Crippen LogP) is 6.32. The summed E-state index contributed by atoms with van der Waals surface area (Å²) in [5.41, 5.74) is 17.8. The quantitative estimate of drug-likeness (QED) is 0.376. The minimum atomic E-state index is 0.986. The first-order valence-corrected chi connectivity index (χ1v) is 10.5. The topological polar surface area (TPSA) is 51.6 Å². The van der Waals surface area contributed by atoms with E-state index in [9.17, 15) is 0 Å². The van der Waals surface area contributed by atoms with Crippen LogP contribution in [0.3, 0.4) is 0 Å². The molecule has 0 aliphatic carbocycles. The number of rotatable bonds is 1. The van der Waals surface area contributed by atoms with Crippen LogP contribution >= 0.6 is 0 Å². The van der Waals surface area contributed by atoms with E-state index in [1.165, 1.54) is 44.5 Å². The molecule has 4 aromatic rings. The molecule has 4 rings (SSSR count). The summed E-state index contributed by atoms with van der Waals surface area (Å²) in [5, 5.41) is 0. The summed E-state index contributed by atoms with van der Waals surface area (Å²) in [5.74, 6) is 0. The lowest BCUT2D eigenvalue weighted by Gasteiger charge is -2.22. The fourth-order valence-corrected chi connectivity index (χ4v) is 4.53. The number of aromatic nitrogens is 4. The second kappa shape index (κ2) is 6.83. The Kier molecular flexibility index (Phi) is 4.64. The molecule has 2 aromatic carbocycles. The fraction of sp³-hybridized carbons (Fsp3) is 0.385. The maximum atomic E-state index is 4.94. The summed E-state index contributed by atoms with van der Waals surface area (Å²) in [6, 6.07) is 0. The Balaban J connectivity index is 2.21. The molecule has 0 fully saturated rings. The Morgan fingerprint density at radius 1 is 0.300 bits per heavy atom. The Hall–Kier alpha value is -2.88. The molecule has 0 aliphatic rings. The van der Waals surface area contributed by atoms with Gasteiger partial charge in [0.05, 0.1) is 44.8 Å². The third kappa shape index (κ3) is 2.73. The molecule has 154 valence electrons. The first kappa shape index (κ1) is 20.4. The Bertz CT molecular complexity index is 1270. The van der Waals surface area contributed by atoms with Gasteiger partial charge in [-0.1, -0.05) is 0 Å². The predicted molar refractivity (Wildman–Crippen MR) is 125 cm³/mol. The summed E-state index contributed by atoms with van der Waals surface area (Å²) in [6.07, 6.45) is 0. The summed E-state index contributed by atoms with van der Waals surface area (Å²) in [6.45, 7) is 21.2. The van der Waals surface area contributed by atoms with E-state index in [1.54, 1.807) is 0 Å². The average molecular weight is 399 g/mol. The van der Waals surface area contributed by atoms with Crippen molar-refractivity contribution in [1.29, 1.82) is 0 Å². The minimum Gasteiger partial charge on any atom is -0.249 e. The second-order valence-electron chi connectivity index (χ2n) is 8.68. The van der Waals surface area contributed by atoms with Crippen molar-refractivity contribution in [2.75, 3.05) is 0 Å². The van der Waals surface area contributed by atoms with Crippen LogP contribution in [0, 0.1) is 69.2 Å². The van der Waals surface area contributed by atoms with Crippen molar-refractivity contribution in [3.8, 4) is 11.1 Å². The molecule has 4 nitrogen and oxygen atoms in total. The highest BCUT2D eigenvalue weighted by molar-refractivity contribution is 5.97. The molecule has 0 saturated carbocycles. The molecule has 0 N–H and O–H groups in total. The summed E-state index contributed by atoms with van der Waals surface area (Å²) < 4.78 is 0. The minimum absolute atomic E-state index is 0.986. The third-order valence-electron chi connectivity index (χ3n) is 6.91. The lowest BCUT2D eigenvalue weighted by Crippen LogP contribution is -2.06. The lowest BCUT2D eigenvalue weighted by atomic mass is 9.84. The highest BCUT2D eigenvalue weighted by Crippen LogP contribution is 2.41. The van der Waals surface area contributed by atoms with Gasteiger partial charge in [0.25, 0.3) is 0 Å². The van der Waals surface area contributed by atoms with E-state index in [1.807, 2.05) is 27.7 Å². The van der Waals surface area contributed by atoms with Crippen LogP contribution in [0.2, 0.25) is 0 Å². The molecular formula is C26H30N4. The molecule has 2 heterocycles. The molecule has 0 amide bonds. The number of fused-ring (bicyclic) bond motifs is 2. The van der Waals surface area contributed by atoms with Crippen molar-refractivity contribution in [3.63, 3.8) is 0 Å². The molecule has 0 radical (unpaired) electrons. The molecule has 0 bridgehead atoms. The summed E-state index contributed by atoms with van der Waals surface area (Å²) in [4.78, 5) is 19.6. The summed E-state index contributed by atoms with van der Waals surface area (Å²) in [7, 11) is 0. The first-order valence-electron chi connectivity index (χ1n) is 10.5. The largest absolute Gasteiger partial charge is 0.249 e. The average Bonchev–Trinajstić information content (AvgIpc) is 2.70. The van der Waals surface area contributed by atoms with Crippen LogP contribution < -0.4 is 0 Å². The number of hydrogen-bond acceptors (Lipinski definition) is 4. The van der Waals surface area contributed by atoms with Gasteiger partial charge in [0, 0.05) is 0 Å². The van der Waals surface area contributed by atoms with Gasteiger partial charge in [0.2, 0.25) is 0 Å². The third-order valence-corrected chi connectivity index (χ3v) is 6.91. The molecule has 4 heteroatoms. The van der Waals surface area contributed by atoms with Crippen LogP contribution in [-0.2, 0) is 0 Å². The van der Waals surface area contributed by atoms with Gasteiger partial charge in [-0.25, -0.2) is 19.9 Å². The molecule has 0 aliphatic heterocycles. The molecule has 0 spiro atoms. The van der Waals surface area contributed by atoms with Crippen LogP contribution in [0.5, 0.6) is 0 Å². The van der Waals surface area contributed by atoms with Gasteiger partial charge < -0.3 is 0 Å². The standard InChI is InChI=1S/C26H30N4/c1-11-13(3)23-25(29-19(9)17(7)27-23)15(5)21(11)22-12(2)14(4)24-26(16(22)6)30-20(10)18(8)28-24/h1-10H3. The molecule has 0 unspecified atom stereocenters. The molecule has 0 saturated heterocycles. The van der Waals surface area contributed by atoms with Gasteiger partial charge in [-0.15, -0.1) is 0 Å². The van der Waals surface area contributed by atoms with E-state index in [0.29, 0.717) is 0 Å². The molecular weight excluding hydrogens is 368 g/mol. The monoisotopic (exact) mass is 398 g/mol. The van der Waals surface area contributed by atoms with Crippen molar-refractivity contribution >= 4 is 22.1 Å². The van der Waals surface area contributed by atoms with E-state index in [2.05, 4.69) is 41.5 Å². The second-order valence-corrected chi connectivity index (χ2v) is 8.68. The van der Waals surface area contributed by atoms with Crippen LogP contribution in [-0.4, -0.2) is 19.9 Å². The lowest BCUT2D eigenvalue weighted by molar-refractivity contribution is 1.08. The number of benzene rings is 2. The normalized spacial score (nSPS) is 11.7. The Labute approximate surface area is 178 Å². The van der Waals surface area contributed by atoms with Crippen LogP contribution in [0.1, 0.15) is 56.2 Å². The number of aryl methyl sites for hydroxylation is 8. The van der Waals surface area contributed by atoms with Crippen molar-refractivity contribution in [3.05, 3.63) is 56.2 Å². The maximum absolute atomic E-state index is 4.94. The first-order chi connectivity index (χ1) is 14.0. The van der Waals surface area contributed by atoms with Crippen molar-refractivity contribution in [2.45, 2.75) is 69.2 Å². The van der Waals surface area contributed by atoms with Gasteiger partial charge in [-0.05, 0) is 114 Å². The zero-order valence-electron chi connectivity index (χ0n) is 19.8. The Morgan fingerprint density at radius 3 is 0.800 bits per heavy atom. The van der Waals surface area contributed by atoms with E-state index < -0.39 is 0 Å². The van der Waals surface area contributed by atoms with Crippen molar-refractivity contribution in [1.82, 2.24) is 19.9 Å². The van der Waals surface area contributed by atoms with E-state index in [-0.39, 0.29) is 0 Å². The van der Waals surface area contributed by atoms with E-state index in [0.717, 1.165) is 44.8 Å². The van der Waals surface area contributed by atoms with Gasteiger partial charge in [0.1, 0.15) is 0 Å². The summed E-state index contributed by atoms with van der Waals surface area (Å²) >= 11 is 0. The smallest absolute Gasteiger partial charge is 0.0928 e. The van der Waals surface area contributed by atoms with Crippen LogP contribution in [0.15, 0.2) is 0 Å². The zero-order valence-corrected chi connectivity index (χ0v) is 19.8. The van der Waals surface area contributed by atoms with Crippen LogP contribution in [0.25, 0.3) is 33.2 Å². The highest BCUT2D eigenvalue weighted by atomic mass is 14.8. The number of nitrogens with zero attached hydrogens (tertiary/aromatic N) is 4. The molecule has 30 heavy (non-hydrogen) atoms. The van der Waals surface area contributed by atoms with E-state index >= 15 is 0 Å². The van der Waals surface area contributed by atoms with Gasteiger partial charge in [-0.2, -0.15) is 0 Å². The zero-order chi connectivity index (χ0) is 22.1. The fourth-order valence-electron chi connectivity index (χ4n) is 4.53. The van der Waals surface area contributed by atoms with Gasteiger partial charge >= 0.3 is 0 Å². The van der Waals surface area contributed by atoms with Crippen molar-refractivity contribution < 1.29 is 0 Å². The maximum Gasteiger partial charge on any atom is 0.0928 e. The highest BCUT2D eigenvalue weighted by Gasteiger charge is 2.22. The molecule has 2 aromatic heterocycles. The van der Waals surface area contributed by atoms with Gasteiger partial charge in [-0.3, -0.25) is 0 Å². The van der Waals surface area contributed by atoms with Crippen LogP contribution in [0.4, 0.5) is 0 Å². The SMILES string of the molecule is Cc1nc2c(C)c(C)c(-c3c(C)c(C)c4nc(C)c(C)nc4c3C)c(C)c2nc1C. The van der Waals surface area contributed by atoms with Crippen molar-refractivity contribution in [2.24, 2.45) is 0 Å². The van der Waals surface area contributed by atoms with E-state index in [4.69, 9.17) is 19.9 Å². The van der Waals surface area contributed by atoms with Gasteiger partial charge in [0.15, 0.2) is 0 Å².